The average Bonchev–Trinajstić information content (AvgIpc) is 2.14. The number of carbonyl (C=O) groups is 1. The number of ether oxygens (including phenoxy) is 2. The second-order valence-corrected chi connectivity index (χ2v) is 5.82. The molecule has 0 spiro atoms. The number of rotatable bonds is 7. The molecule has 0 aromatic heterocycles. The summed E-state index contributed by atoms with van der Waals surface area (Å²) in [4.78, 5) is 11.5. The van der Waals surface area contributed by atoms with Gasteiger partial charge in [0.05, 0.1) is 18.6 Å². The van der Waals surface area contributed by atoms with Crippen molar-refractivity contribution in [1.29, 1.82) is 0 Å². The predicted molar refractivity (Wildman–Crippen MR) is 57.3 cm³/mol. The monoisotopic (exact) mass is 274 g/mol. The van der Waals surface area contributed by atoms with Gasteiger partial charge in [-0.05, 0) is 13.8 Å². The van der Waals surface area contributed by atoms with Gasteiger partial charge in [0.15, 0.2) is 0 Å². The van der Waals surface area contributed by atoms with E-state index < -0.39 is 20.7 Å². The molecule has 0 atom stereocenters. The summed E-state index contributed by atoms with van der Waals surface area (Å²) in [5.41, 5.74) is -1.09. The fourth-order valence-electron chi connectivity index (χ4n) is 0.690. The molecule has 0 aliphatic rings. The van der Waals surface area contributed by atoms with Gasteiger partial charge in [-0.2, -0.15) is 8.42 Å². The Balaban J connectivity index is 4.15. The molecular formula is C8H15ClO6S. The molecule has 0 unspecified atom stereocenters. The van der Waals surface area contributed by atoms with Crippen LogP contribution >= 0.6 is 10.7 Å². The first kappa shape index (κ1) is 15.6. The fourth-order valence-corrected chi connectivity index (χ4v) is 1.26. The van der Waals surface area contributed by atoms with E-state index in [4.69, 9.17) is 20.2 Å². The summed E-state index contributed by atoms with van der Waals surface area (Å²) in [5.74, 6) is -0.579. The molecule has 0 aromatic carbocycles. The molecule has 0 radical (unpaired) electrons. The Kier molecular flexibility index (Phi) is 6.24. The first-order chi connectivity index (χ1) is 7.19. The zero-order chi connectivity index (χ0) is 12.8. The third-order valence-electron chi connectivity index (χ3n) is 1.63. The van der Waals surface area contributed by atoms with E-state index in [-0.39, 0.29) is 19.8 Å². The summed E-state index contributed by atoms with van der Waals surface area (Å²) < 4.78 is 34.9. The lowest BCUT2D eigenvalue weighted by molar-refractivity contribution is -0.156. The molecule has 0 N–H and O–H groups in total. The van der Waals surface area contributed by atoms with Crippen molar-refractivity contribution in [2.45, 2.75) is 13.8 Å². The van der Waals surface area contributed by atoms with Crippen LogP contribution in [0.15, 0.2) is 0 Å². The van der Waals surface area contributed by atoms with Crippen LogP contribution in [0.3, 0.4) is 0 Å². The van der Waals surface area contributed by atoms with E-state index in [1.165, 1.54) is 21.0 Å². The zero-order valence-corrected chi connectivity index (χ0v) is 10.9. The van der Waals surface area contributed by atoms with Crippen LogP contribution in [-0.2, 0) is 27.8 Å². The van der Waals surface area contributed by atoms with Crippen LogP contribution in [0.5, 0.6) is 0 Å². The molecule has 0 aromatic rings. The highest BCUT2D eigenvalue weighted by atomic mass is 35.7. The first-order valence-corrected chi connectivity index (χ1v) is 6.67. The Hall–Kier alpha value is -0.370. The van der Waals surface area contributed by atoms with Gasteiger partial charge in [-0.25, -0.2) is 0 Å². The Labute approximate surface area is 99.4 Å². The molecule has 0 bridgehead atoms. The van der Waals surface area contributed by atoms with Crippen LogP contribution in [0, 0.1) is 5.41 Å². The first-order valence-electron chi connectivity index (χ1n) is 4.44. The van der Waals surface area contributed by atoms with Crippen molar-refractivity contribution in [2.75, 3.05) is 26.9 Å². The summed E-state index contributed by atoms with van der Waals surface area (Å²) in [6.45, 7) is 2.99. The van der Waals surface area contributed by atoms with Crippen LogP contribution in [0.2, 0.25) is 0 Å². The van der Waals surface area contributed by atoms with E-state index in [2.05, 4.69) is 4.18 Å². The number of methoxy groups -OCH3 is 1. The normalized spacial score (nSPS) is 12.5. The Morgan fingerprint density at radius 1 is 1.31 bits per heavy atom. The number of halogens is 1. The standard InChI is InChI=1S/C8H15ClO6S/c1-8(2,6-15-16(9,11)12)7(10)14-5-4-13-3/h4-6H2,1-3H3. The largest absolute Gasteiger partial charge is 0.463 e. The lowest BCUT2D eigenvalue weighted by Crippen LogP contribution is -2.32. The Morgan fingerprint density at radius 2 is 1.88 bits per heavy atom. The van der Waals surface area contributed by atoms with Crippen molar-refractivity contribution in [2.24, 2.45) is 5.41 Å². The highest BCUT2D eigenvalue weighted by Crippen LogP contribution is 2.19. The minimum atomic E-state index is -4.08. The van der Waals surface area contributed by atoms with Crippen molar-refractivity contribution in [3.63, 3.8) is 0 Å². The highest BCUT2D eigenvalue weighted by molar-refractivity contribution is 8.09. The second kappa shape index (κ2) is 6.39. The molecule has 0 saturated carbocycles. The van der Waals surface area contributed by atoms with Crippen LogP contribution in [0.1, 0.15) is 13.8 Å². The molecule has 0 fully saturated rings. The number of hydrogen-bond acceptors (Lipinski definition) is 6. The molecule has 0 aliphatic heterocycles. The van der Waals surface area contributed by atoms with Crippen LogP contribution in [0.25, 0.3) is 0 Å². The minimum absolute atomic E-state index is 0.104. The van der Waals surface area contributed by atoms with Crippen molar-refractivity contribution >= 4 is 26.0 Å². The maximum absolute atomic E-state index is 11.5. The predicted octanol–water partition coefficient (Wildman–Crippen LogP) is 0.702. The number of hydrogen-bond donors (Lipinski definition) is 0. The topological polar surface area (TPSA) is 78.9 Å². The molecule has 0 amide bonds. The molecule has 16 heavy (non-hydrogen) atoms. The van der Waals surface area contributed by atoms with E-state index in [9.17, 15) is 13.2 Å². The van der Waals surface area contributed by atoms with Gasteiger partial charge >= 0.3 is 15.3 Å². The average molecular weight is 275 g/mol. The lowest BCUT2D eigenvalue weighted by Gasteiger charge is -2.21. The number of carbonyl (C=O) groups excluding carboxylic acids is 1. The minimum Gasteiger partial charge on any atom is -0.463 e. The van der Waals surface area contributed by atoms with Gasteiger partial charge < -0.3 is 9.47 Å². The van der Waals surface area contributed by atoms with E-state index in [0.717, 1.165) is 0 Å². The van der Waals surface area contributed by atoms with Gasteiger partial charge in [-0.15, -0.1) is 0 Å². The van der Waals surface area contributed by atoms with Crippen molar-refractivity contribution < 1.29 is 26.9 Å². The van der Waals surface area contributed by atoms with Gasteiger partial charge in [0, 0.05) is 17.8 Å². The van der Waals surface area contributed by atoms with Gasteiger partial charge in [0.2, 0.25) is 0 Å². The van der Waals surface area contributed by atoms with E-state index >= 15 is 0 Å². The van der Waals surface area contributed by atoms with Gasteiger partial charge in [-0.3, -0.25) is 8.98 Å². The molecule has 0 aliphatic carbocycles. The van der Waals surface area contributed by atoms with E-state index in [1.54, 1.807) is 0 Å². The fraction of sp³-hybridized carbons (Fsp3) is 0.875. The molecule has 0 saturated heterocycles. The quantitative estimate of drug-likeness (QED) is 0.386. The van der Waals surface area contributed by atoms with E-state index in [1.807, 2.05) is 0 Å². The Morgan fingerprint density at radius 3 is 2.31 bits per heavy atom. The summed E-state index contributed by atoms with van der Waals surface area (Å²) >= 11 is 0. The van der Waals surface area contributed by atoms with Crippen molar-refractivity contribution in [3.8, 4) is 0 Å². The molecule has 6 nitrogen and oxygen atoms in total. The third kappa shape index (κ3) is 7.00. The summed E-state index contributed by atoms with van der Waals surface area (Å²) in [5, 5.41) is 0. The van der Waals surface area contributed by atoms with Crippen LogP contribution < -0.4 is 0 Å². The van der Waals surface area contributed by atoms with Crippen molar-refractivity contribution in [1.82, 2.24) is 0 Å². The SMILES string of the molecule is COCCOC(=O)C(C)(C)COS(=O)(=O)Cl. The molecular weight excluding hydrogens is 260 g/mol. The van der Waals surface area contributed by atoms with E-state index in [0.29, 0.717) is 0 Å². The zero-order valence-electron chi connectivity index (χ0n) is 9.36. The van der Waals surface area contributed by atoms with Crippen LogP contribution in [-0.4, -0.2) is 41.3 Å². The summed E-state index contributed by atoms with van der Waals surface area (Å²) in [6, 6.07) is 0. The second-order valence-electron chi connectivity index (χ2n) is 3.67. The lowest BCUT2D eigenvalue weighted by atomic mass is 9.95. The third-order valence-corrected chi connectivity index (χ3v) is 2.30. The molecule has 96 valence electrons. The molecule has 0 heterocycles. The molecule has 0 rings (SSSR count). The van der Waals surface area contributed by atoms with Gasteiger partial charge in [-0.1, -0.05) is 0 Å². The van der Waals surface area contributed by atoms with Crippen molar-refractivity contribution in [3.05, 3.63) is 0 Å². The maximum Gasteiger partial charge on any atom is 0.355 e. The molecule has 8 heteroatoms. The van der Waals surface area contributed by atoms with Gasteiger partial charge in [0.1, 0.15) is 6.61 Å². The van der Waals surface area contributed by atoms with Gasteiger partial charge in [0.25, 0.3) is 0 Å². The van der Waals surface area contributed by atoms with Crippen LogP contribution in [0.4, 0.5) is 0 Å². The highest BCUT2D eigenvalue weighted by Gasteiger charge is 2.31. The maximum atomic E-state index is 11.5. The number of esters is 1. The smallest absolute Gasteiger partial charge is 0.355 e. The summed E-state index contributed by atoms with van der Waals surface area (Å²) in [6.07, 6.45) is 0. The summed E-state index contributed by atoms with van der Waals surface area (Å²) in [7, 11) is 2.25. The Bertz CT molecular complexity index is 323.